The molecule has 0 saturated carbocycles. The van der Waals surface area contributed by atoms with E-state index in [-0.39, 0.29) is 5.91 Å². The highest BCUT2D eigenvalue weighted by atomic mass is 16.1. The molecule has 1 aromatic heterocycles. The molecule has 0 aromatic carbocycles. The Morgan fingerprint density at radius 1 is 1.71 bits per heavy atom. The molecule has 2 N–H and O–H groups in total. The van der Waals surface area contributed by atoms with Crippen molar-refractivity contribution in [2.45, 2.75) is 26.4 Å². The second-order valence-corrected chi connectivity index (χ2v) is 3.32. The van der Waals surface area contributed by atoms with Crippen molar-refractivity contribution in [3.8, 4) is 0 Å². The fourth-order valence-corrected chi connectivity index (χ4v) is 1.10. The Labute approximate surface area is 83.5 Å². The maximum atomic E-state index is 10.7. The Kier molecular flexibility index (Phi) is 3.64. The van der Waals surface area contributed by atoms with Crippen LogP contribution in [0.25, 0.3) is 0 Å². The maximum absolute atomic E-state index is 10.7. The average molecular weight is 196 g/mol. The molecule has 1 aromatic rings. The summed E-state index contributed by atoms with van der Waals surface area (Å²) in [6.45, 7) is 4.34. The Morgan fingerprint density at radius 3 is 3.00 bits per heavy atom. The van der Waals surface area contributed by atoms with Gasteiger partial charge in [0, 0.05) is 19.2 Å². The van der Waals surface area contributed by atoms with E-state index in [1.807, 2.05) is 13.2 Å². The molecule has 5 heteroatoms. The summed E-state index contributed by atoms with van der Waals surface area (Å²) in [5.41, 5.74) is 0.737. The standard InChI is InChI=1S/C9H16N4O/c1-7(10-3)5-13-6-9(4-11-13)12-8(2)14/h4,6-7,10H,5H2,1-3H3,(H,12,14). The first-order chi connectivity index (χ1) is 6.61. The van der Waals surface area contributed by atoms with Crippen LogP contribution in [0.3, 0.4) is 0 Å². The lowest BCUT2D eigenvalue weighted by Gasteiger charge is -2.09. The van der Waals surface area contributed by atoms with Crippen LogP contribution in [0.5, 0.6) is 0 Å². The fraction of sp³-hybridized carbons (Fsp3) is 0.556. The van der Waals surface area contributed by atoms with E-state index in [1.54, 1.807) is 10.9 Å². The van der Waals surface area contributed by atoms with Gasteiger partial charge in [-0.15, -0.1) is 0 Å². The van der Waals surface area contributed by atoms with Gasteiger partial charge in [0.25, 0.3) is 0 Å². The Morgan fingerprint density at radius 2 is 2.43 bits per heavy atom. The normalized spacial score (nSPS) is 12.5. The third kappa shape index (κ3) is 3.18. The summed E-state index contributed by atoms with van der Waals surface area (Å²) in [5, 5.41) is 9.91. The number of hydrogen-bond donors (Lipinski definition) is 2. The van der Waals surface area contributed by atoms with Crippen molar-refractivity contribution in [1.82, 2.24) is 15.1 Å². The molecule has 0 aliphatic rings. The number of carbonyl (C=O) groups is 1. The van der Waals surface area contributed by atoms with E-state index in [9.17, 15) is 4.79 Å². The van der Waals surface area contributed by atoms with Crippen LogP contribution in [0.1, 0.15) is 13.8 Å². The van der Waals surface area contributed by atoms with Gasteiger partial charge >= 0.3 is 0 Å². The monoisotopic (exact) mass is 196 g/mol. The van der Waals surface area contributed by atoms with Crippen LogP contribution in [0, 0.1) is 0 Å². The minimum absolute atomic E-state index is 0.0776. The summed E-state index contributed by atoms with van der Waals surface area (Å²) in [4.78, 5) is 10.7. The quantitative estimate of drug-likeness (QED) is 0.735. The molecular weight excluding hydrogens is 180 g/mol. The lowest BCUT2D eigenvalue weighted by molar-refractivity contribution is -0.114. The zero-order valence-electron chi connectivity index (χ0n) is 8.74. The molecule has 1 unspecified atom stereocenters. The lowest BCUT2D eigenvalue weighted by Crippen LogP contribution is -2.26. The van der Waals surface area contributed by atoms with Gasteiger partial charge in [-0.1, -0.05) is 0 Å². The molecule has 1 rings (SSSR count). The number of likely N-dealkylation sites (N-methyl/N-ethyl adjacent to an activating group) is 1. The highest BCUT2D eigenvalue weighted by Gasteiger charge is 2.02. The minimum Gasteiger partial charge on any atom is -0.324 e. The first-order valence-electron chi connectivity index (χ1n) is 4.59. The molecule has 0 saturated heterocycles. The first kappa shape index (κ1) is 10.7. The van der Waals surface area contributed by atoms with Crippen LogP contribution < -0.4 is 10.6 Å². The Bertz CT molecular complexity index is 308. The maximum Gasteiger partial charge on any atom is 0.221 e. The van der Waals surface area contributed by atoms with Gasteiger partial charge in [-0.2, -0.15) is 5.10 Å². The van der Waals surface area contributed by atoms with Crippen LogP contribution in [0.15, 0.2) is 12.4 Å². The van der Waals surface area contributed by atoms with E-state index in [1.165, 1.54) is 6.92 Å². The van der Waals surface area contributed by atoms with Crippen molar-refractivity contribution in [2.75, 3.05) is 12.4 Å². The third-order valence-corrected chi connectivity index (χ3v) is 1.91. The fourth-order valence-electron chi connectivity index (χ4n) is 1.10. The Balaban J connectivity index is 2.54. The van der Waals surface area contributed by atoms with E-state index in [4.69, 9.17) is 0 Å². The van der Waals surface area contributed by atoms with Crippen molar-refractivity contribution < 1.29 is 4.79 Å². The van der Waals surface area contributed by atoms with E-state index in [0.29, 0.717) is 6.04 Å². The summed E-state index contributed by atoms with van der Waals surface area (Å²) in [6, 6.07) is 0.361. The predicted octanol–water partition coefficient (Wildman–Crippen LogP) is 0.449. The topological polar surface area (TPSA) is 59.0 Å². The molecule has 0 spiro atoms. The molecule has 14 heavy (non-hydrogen) atoms. The second-order valence-electron chi connectivity index (χ2n) is 3.32. The van der Waals surface area contributed by atoms with E-state index in [0.717, 1.165) is 12.2 Å². The zero-order chi connectivity index (χ0) is 10.6. The minimum atomic E-state index is -0.0776. The number of anilines is 1. The first-order valence-corrected chi connectivity index (χ1v) is 4.59. The van der Waals surface area contributed by atoms with Crippen molar-refractivity contribution in [3.05, 3.63) is 12.4 Å². The molecule has 0 radical (unpaired) electrons. The highest BCUT2D eigenvalue weighted by molar-refractivity contribution is 5.88. The number of amides is 1. The second kappa shape index (κ2) is 4.76. The average Bonchev–Trinajstić information content (AvgIpc) is 2.51. The van der Waals surface area contributed by atoms with Gasteiger partial charge in [-0.05, 0) is 14.0 Å². The van der Waals surface area contributed by atoms with Crippen molar-refractivity contribution in [3.63, 3.8) is 0 Å². The summed E-state index contributed by atoms with van der Waals surface area (Å²) in [7, 11) is 1.91. The van der Waals surface area contributed by atoms with Gasteiger partial charge in [-0.3, -0.25) is 9.48 Å². The lowest BCUT2D eigenvalue weighted by atomic mass is 10.3. The molecule has 1 heterocycles. The summed E-state index contributed by atoms with van der Waals surface area (Å²) >= 11 is 0. The molecule has 0 bridgehead atoms. The summed E-state index contributed by atoms with van der Waals surface area (Å²) in [6.07, 6.45) is 3.46. The van der Waals surface area contributed by atoms with E-state index >= 15 is 0 Å². The molecule has 1 amide bonds. The Hall–Kier alpha value is -1.36. The number of nitrogens with zero attached hydrogens (tertiary/aromatic N) is 2. The highest BCUT2D eigenvalue weighted by Crippen LogP contribution is 2.04. The van der Waals surface area contributed by atoms with Gasteiger partial charge in [0.1, 0.15) is 0 Å². The van der Waals surface area contributed by atoms with Gasteiger partial charge < -0.3 is 10.6 Å². The largest absolute Gasteiger partial charge is 0.324 e. The number of carbonyl (C=O) groups excluding carboxylic acids is 1. The predicted molar refractivity (Wildman–Crippen MR) is 55.1 cm³/mol. The molecule has 78 valence electrons. The van der Waals surface area contributed by atoms with Crippen molar-refractivity contribution in [2.24, 2.45) is 0 Å². The van der Waals surface area contributed by atoms with E-state index < -0.39 is 0 Å². The molecular formula is C9H16N4O. The molecule has 0 fully saturated rings. The van der Waals surface area contributed by atoms with Crippen LogP contribution in [0.4, 0.5) is 5.69 Å². The van der Waals surface area contributed by atoms with Crippen LogP contribution in [0.2, 0.25) is 0 Å². The van der Waals surface area contributed by atoms with Crippen LogP contribution >= 0.6 is 0 Å². The third-order valence-electron chi connectivity index (χ3n) is 1.91. The molecule has 1 atom stereocenters. The van der Waals surface area contributed by atoms with Gasteiger partial charge in [0.15, 0.2) is 0 Å². The van der Waals surface area contributed by atoms with Crippen molar-refractivity contribution in [1.29, 1.82) is 0 Å². The smallest absolute Gasteiger partial charge is 0.221 e. The number of aromatic nitrogens is 2. The number of hydrogen-bond acceptors (Lipinski definition) is 3. The van der Waals surface area contributed by atoms with Gasteiger partial charge in [0.2, 0.25) is 5.91 Å². The van der Waals surface area contributed by atoms with Crippen molar-refractivity contribution >= 4 is 11.6 Å². The molecule has 0 aliphatic heterocycles. The van der Waals surface area contributed by atoms with E-state index in [2.05, 4.69) is 22.7 Å². The number of nitrogens with one attached hydrogen (secondary N) is 2. The molecule has 5 nitrogen and oxygen atoms in total. The SMILES string of the molecule is CNC(C)Cn1cc(NC(C)=O)cn1. The summed E-state index contributed by atoms with van der Waals surface area (Å²) in [5.74, 6) is -0.0776. The van der Waals surface area contributed by atoms with Gasteiger partial charge in [0.05, 0.1) is 18.4 Å². The number of rotatable bonds is 4. The molecule has 0 aliphatic carbocycles. The van der Waals surface area contributed by atoms with Gasteiger partial charge in [-0.25, -0.2) is 0 Å². The zero-order valence-corrected chi connectivity index (χ0v) is 8.74. The van der Waals surface area contributed by atoms with Crippen LogP contribution in [-0.2, 0) is 11.3 Å². The summed E-state index contributed by atoms with van der Waals surface area (Å²) < 4.78 is 1.80. The van der Waals surface area contributed by atoms with Crippen LogP contribution in [-0.4, -0.2) is 28.8 Å².